The number of methoxy groups -OCH3 is 1. The molecular weight excluding hydrogens is 384 g/mol. The molecule has 0 unspecified atom stereocenters. The van der Waals surface area contributed by atoms with Crippen LogP contribution in [-0.4, -0.2) is 17.9 Å². The second-order valence-electron chi connectivity index (χ2n) is 6.74. The number of benzene rings is 3. The summed E-state index contributed by atoms with van der Waals surface area (Å²) in [7, 11) is 1.60. The number of fused-ring (bicyclic) bond motifs is 1. The van der Waals surface area contributed by atoms with Crippen LogP contribution in [0.4, 0.5) is 11.4 Å². The number of anilines is 2. The molecule has 0 atom stereocenters. The molecule has 0 spiro atoms. The van der Waals surface area contributed by atoms with Crippen LogP contribution in [0.1, 0.15) is 21.5 Å². The van der Waals surface area contributed by atoms with Crippen molar-refractivity contribution in [1.29, 1.82) is 0 Å². The maximum absolute atomic E-state index is 13.0. The van der Waals surface area contributed by atoms with Crippen LogP contribution in [0.15, 0.2) is 73.1 Å². The quantitative estimate of drug-likeness (QED) is 0.405. The highest BCUT2D eigenvalue weighted by Gasteiger charge is 2.16. The number of carbonyl (C=O) groups is 1. The van der Waals surface area contributed by atoms with Gasteiger partial charge in [-0.3, -0.25) is 9.78 Å². The molecule has 0 saturated carbocycles. The Morgan fingerprint density at radius 2 is 1.79 bits per heavy atom. The maximum Gasteiger partial charge on any atom is 0.194 e. The average Bonchev–Trinajstić information content (AvgIpc) is 2.73. The molecule has 0 amide bonds. The SMILES string of the molecule is COc1ccc(C(=O)c2ccc(Nc3cncc4ccccc34)cc2Cl)c(C)c1. The lowest BCUT2D eigenvalue weighted by Gasteiger charge is -2.12. The summed E-state index contributed by atoms with van der Waals surface area (Å²) in [5.41, 5.74) is 3.57. The lowest BCUT2D eigenvalue weighted by atomic mass is 9.98. The second kappa shape index (κ2) is 7.94. The number of carbonyl (C=O) groups excluding carboxylic acids is 1. The Morgan fingerprint density at radius 3 is 2.55 bits per heavy atom. The van der Waals surface area contributed by atoms with E-state index in [4.69, 9.17) is 16.3 Å². The van der Waals surface area contributed by atoms with Crippen LogP contribution in [0.3, 0.4) is 0 Å². The van der Waals surface area contributed by atoms with Crippen LogP contribution in [-0.2, 0) is 0 Å². The summed E-state index contributed by atoms with van der Waals surface area (Å²) in [6.07, 6.45) is 3.60. The third-order valence-corrected chi connectivity index (χ3v) is 5.15. The van der Waals surface area contributed by atoms with Gasteiger partial charge in [-0.25, -0.2) is 0 Å². The molecule has 1 heterocycles. The van der Waals surface area contributed by atoms with E-state index < -0.39 is 0 Å². The van der Waals surface area contributed by atoms with Crippen LogP contribution >= 0.6 is 11.6 Å². The number of aryl methyl sites for hydroxylation is 1. The number of aromatic nitrogens is 1. The predicted molar refractivity (Wildman–Crippen MR) is 118 cm³/mol. The molecule has 0 aliphatic heterocycles. The van der Waals surface area contributed by atoms with Gasteiger partial charge < -0.3 is 10.1 Å². The van der Waals surface area contributed by atoms with Crippen molar-refractivity contribution in [3.05, 3.63) is 94.8 Å². The number of ketones is 1. The van der Waals surface area contributed by atoms with Crippen molar-refractivity contribution in [2.24, 2.45) is 0 Å². The third-order valence-electron chi connectivity index (χ3n) is 4.84. The smallest absolute Gasteiger partial charge is 0.194 e. The average molecular weight is 403 g/mol. The van der Waals surface area contributed by atoms with Crippen LogP contribution in [0, 0.1) is 6.92 Å². The summed E-state index contributed by atoms with van der Waals surface area (Å²) in [5.74, 6) is 0.599. The standard InChI is InChI=1S/C24H19ClN2O2/c1-15-11-18(29-2)8-10-19(15)24(28)21-9-7-17(12-22(21)25)27-23-14-26-13-16-5-3-4-6-20(16)23/h3-14,27H,1-2H3. The van der Waals surface area contributed by atoms with E-state index in [-0.39, 0.29) is 5.78 Å². The number of hydrogen-bond acceptors (Lipinski definition) is 4. The molecular formula is C24H19ClN2O2. The van der Waals surface area contributed by atoms with E-state index in [0.29, 0.717) is 21.9 Å². The lowest BCUT2D eigenvalue weighted by molar-refractivity contribution is 0.103. The highest BCUT2D eigenvalue weighted by Crippen LogP contribution is 2.29. The second-order valence-corrected chi connectivity index (χ2v) is 7.14. The molecule has 144 valence electrons. The van der Waals surface area contributed by atoms with Gasteiger partial charge in [0.2, 0.25) is 0 Å². The first-order valence-corrected chi connectivity index (χ1v) is 9.53. The largest absolute Gasteiger partial charge is 0.497 e. The zero-order chi connectivity index (χ0) is 20.4. The Labute approximate surface area is 174 Å². The molecule has 4 rings (SSSR count). The molecule has 1 N–H and O–H groups in total. The number of halogens is 1. The van der Waals surface area contributed by atoms with E-state index in [1.807, 2.05) is 49.5 Å². The molecule has 0 radical (unpaired) electrons. The fourth-order valence-corrected chi connectivity index (χ4v) is 3.58. The Bertz CT molecular complexity index is 1220. The number of ether oxygens (including phenoxy) is 1. The van der Waals surface area contributed by atoms with Gasteiger partial charge in [0, 0.05) is 33.8 Å². The van der Waals surface area contributed by atoms with Gasteiger partial charge in [-0.15, -0.1) is 0 Å². The van der Waals surface area contributed by atoms with Crippen molar-refractivity contribution in [3.63, 3.8) is 0 Å². The van der Waals surface area contributed by atoms with Crippen molar-refractivity contribution in [2.45, 2.75) is 6.92 Å². The molecule has 4 aromatic rings. The Kier molecular flexibility index (Phi) is 5.19. The maximum atomic E-state index is 13.0. The van der Waals surface area contributed by atoms with E-state index in [9.17, 15) is 4.79 Å². The minimum Gasteiger partial charge on any atom is -0.497 e. The van der Waals surface area contributed by atoms with Crippen LogP contribution in [0.25, 0.3) is 10.8 Å². The molecule has 4 nitrogen and oxygen atoms in total. The topological polar surface area (TPSA) is 51.2 Å². The van der Waals surface area contributed by atoms with Gasteiger partial charge in [0.25, 0.3) is 0 Å². The van der Waals surface area contributed by atoms with Gasteiger partial charge in [-0.1, -0.05) is 35.9 Å². The van der Waals surface area contributed by atoms with Gasteiger partial charge in [0.05, 0.1) is 24.0 Å². The summed E-state index contributed by atoms with van der Waals surface area (Å²) in [5, 5.41) is 5.85. The molecule has 0 bridgehead atoms. The van der Waals surface area contributed by atoms with Gasteiger partial charge in [-0.05, 0) is 48.9 Å². The normalized spacial score (nSPS) is 10.7. The van der Waals surface area contributed by atoms with Gasteiger partial charge in [-0.2, -0.15) is 0 Å². The number of nitrogens with zero attached hydrogens (tertiary/aromatic N) is 1. The van der Waals surface area contributed by atoms with Crippen LogP contribution < -0.4 is 10.1 Å². The number of nitrogens with one attached hydrogen (secondary N) is 1. The first-order valence-electron chi connectivity index (χ1n) is 9.15. The molecule has 3 aromatic carbocycles. The number of hydrogen-bond donors (Lipinski definition) is 1. The molecule has 5 heteroatoms. The van der Waals surface area contributed by atoms with E-state index in [2.05, 4.69) is 10.3 Å². The summed E-state index contributed by atoms with van der Waals surface area (Å²) < 4.78 is 5.21. The van der Waals surface area contributed by atoms with E-state index in [1.165, 1.54) is 0 Å². The van der Waals surface area contributed by atoms with Crippen molar-refractivity contribution in [2.75, 3.05) is 12.4 Å². The summed E-state index contributed by atoms with van der Waals surface area (Å²) in [4.78, 5) is 17.3. The zero-order valence-corrected chi connectivity index (χ0v) is 16.8. The van der Waals surface area contributed by atoms with Gasteiger partial charge in [0.1, 0.15) is 5.75 Å². The Morgan fingerprint density at radius 1 is 1.00 bits per heavy atom. The molecule has 29 heavy (non-hydrogen) atoms. The first-order chi connectivity index (χ1) is 14.1. The van der Waals surface area contributed by atoms with Crippen molar-refractivity contribution >= 4 is 39.5 Å². The number of rotatable bonds is 5. The lowest BCUT2D eigenvalue weighted by Crippen LogP contribution is -2.05. The van der Waals surface area contributed by atoms with Gasteiger partial charge in [0.15, 0.2) is 5.78 Å². The van der Waals surface area contributed by atoms with Crippen LogP contribution in [0.5, 0.6) is 5.75 Å². The van der Waals surface area contributed by atoms with E-state index in [0.717, 1.165) is 27.7 Å². The van der Waals surface area contributed by atoms with E-state index >= 15 is 0 Å². The highest BCUT2D eigenvalue weighted by molar-refractivity contribution is 6.35. The Balaban J connectivity index is 1.63. The van der Waals surface area contributed by atoms with Crippen molar-refractivity contribution in [1.82, 2.24) is 4.98 Å². The Hall–Kier alpha value is -3.37. The molecule has 0 fully saturated rings. The fourth-order valence-electron chi connectivity index (χ4n) is 3.31. The third kappa shape index (κ3) is 3.80. The number of pyridine rings is 1. The highest BCUT2D eigenvalue weighted by atomic mass is 35.5. The molecule has 0 aliphatic rings. The van der Waals surface area contributed by atoms with Crippen LogP contribution in [0.2, 0.25) is 5.02 Å². The van der Waals surface area contributed by atoms with Crippen molar-refractivity contribution in [3.8, 4) is 5.75 Å². The van der Waals surface area contributed by atoms with Crippen molar-refractivity contribution < 1.29 is 9.53 Å². The first kappa shape index (κ1) is 19.0. The summed E-state index contributed by atoms with van der Waals surface area (Å²) in [6, 6.07) is 18.7. The van der Waals surface area contributed by atoms with Gasteiger partial charge >= 0.3 is 0 Å². The summed E-state index contributed by atoms with van der Waals surface area (Å²) in [6.45, 7) is 1.88. The fraction of sp³-hybridized carbons (Fsp3) is 0.0833. The van der Waals surface area contributed by atoms with E-state index in [1.54, 1.807) is 37.6 Å². The summed E-state index contributed by atoms with van der Waals surface area (Å²) >= 11 is 6.47. The predicted octanol–water partition coefficient (Wildman–Crippen LogP) is 6.18. The monoisotopic (exact) mass is 402 g/mol. The zero-order valence-electron chi connectivity index (χ0n) is 16.1. The minimum absolute atomic E-state index is 0.117. The minimum atomic E-state index is -0.117. The molecule has 0 saturated heterocycles. The molecule has 0 aliphatic carbocycles. The molecule has 1 aromatic heterocycles.